The lowest BCUT2D eigenvalue weighted by atomic mass is 10.1. The lowest BCUT2D eigenvalue weighted by Gasteiger charge is -2.14. The highest BCUT2D eigenvalue weighted by atomic mass is 32.2. The molecular formula is C26H30FN3O4S3. The van der Waals surface area contributed by atoms with Crippen molar-refractivity contribution in [1.82, 2.24) is 9.62 Å². The zero-order valence-electron chi connectivity index (χ0n) is 20.5. The Morgan fingerprint density at radius 3 is 2.41 bits per heavy atom. The number of thiocarbonyl (C=S) groups is 1. The number of thioether (sulfide) groups is 1. The van der Waals surface area contributed by atoms with Gasteiger partial charge in [-0.2, -0.15) is 0 Å². The standard InChI is InChI=1S/C26H30FN3O4S3/c1-2-3-4-5-6-15-28-22-13-7-19(8-14-22)18-23-25(32)30(26(35)36-23)16-17-37(33,34)29-24(31)20-9-11-21(27)12-10-20/h7-14,18,28H,2-6,15-17H2,1H3,(H,29,31)/b23-18-. The summed E-state index contributed by atoms with van der Waals surface area (Å²) < 4.78 is 40.0. The quantitative estimate of drug-likeness (QED) is 0.197. The summed E-state index contributed by atoms with van der Waals surface area (Å²) >= 11 is 6.38. The summed E-state index contributed by atoms with van der Waals surface area (Å²) in [5, 5.41) is 3.40. The van der Waals surface area contributed by atoms with E-state index in [0.29, 0.717) is 4.91 Å². The number of carbonyl (C=O) groups is 2. The first-order chi connectivity index (χ1) is 17.7. The number of unbranched alkanes of at least 4 members (excludes halogenated alkanes) is 4. The Morgan fingerprint density at radius 2 is 1.73 bits per heavy atom. The maximum Gasteiger partial charge on any atom is 0.266 e. The van der Waals surface area contributed by atoms with E-state index in [0.717, 1.165) is 48.1 Å². The molecule has 1 heterocycles. The van der Waals surface area contributed by atoms with Crippen LogP contribution in [0.1, 0.15) is 54.9 Å². The maximum atomic E-state index is 13.0. The Morgan fingerprint density at radius 1 is 1.05 bits per heavy atom. The van der Waals surface area contributed by atoms with Gasteiger partial charge < -0.3 is 5.32 Å². The number of benzene rings is 2. The van der Waals surface area contributed by atoms with Gasteiger partial charge in [-0.1, -0.05) is 68.7 Å². The minimum atomic E-state index is -4.05. The zero-order valence-corrected chi connectivity index (χ0v) is 23.0. The van der Waals surface area contributed by atoms with Crippen molar-refractivity contribution in [3.8, 4) is 0 Å². The van der Waals surface area contributed by atoms with Crippen LogP contribution in [0.3, 0.4) is 0 Å². The molecule has 2 N–H and O–H groups in total. The van der Waals surface area contributed by atoms with Crippen molar-refractivity contribution in [3.05, 3.63) is 70.4 Å². The van der Waals surface area contributed by atoms with Gasteiger partial charge in [0.25, 0.3) is 11.8 Å². The zero-order chi connectivity index (χ0) is 26.8. The van der Waals surface area contributed by atoms with Gasteiger partial charge >= 0.3 is 0 Å². The molecule has 2 aromatic carbocycles. The molecule has 2 aromatic rings. The van der Waals surface area contributed by atoms with Crippen LogP contribution < -0.4 is 10.0 Å². The molecule has 0 spiro atoms. The van der Waals surface area contributed by atoms with Crippen molar-refractivity contribution in [1.29, 1.82) is 0 Å². The fourth-order valence-corrected chi connectivity index (χ4v) is 5.80. The van der Waals surface area contributed by atoms with Crippen LogP contribution in [0, 0.1) is 5.82 Å². The minimum Gasteiger partial charge on any atom is -0.385 e. The van der Waals surface area contributed by atoms with E-state index in [4.69, 9.17) is 12.2 Å². The third-order valence-electron chi connectivity index (χ3n) is 5.63. The molecule has 3 rings (SSSR count). The van der Waals surface area contributed by atoms with Crippen molar-refractivity contribution in [2.75, 3.05) is 24.2 Å². The molecule has 1 aliphatic heterocycles. The van der Waals surface area contributed by atoms with Gasteiger partial charge in [-0.05, 0) is 54.5 Å². The molecule has 0 radical (unpaired) electrons. The van der Waals surface area contributed by atoms with E-state index in [1.165, 1.54) is 42.7 Å². The average molecular weight is 564 g/mol. The summed E-state index contributed by atoms with van der Waals surface area (Å²) in [6.07, 6.45) is 7.80. The number of nitrogens with one attached hydrogen (secondary N) is 2. The van der Waals surface area contributed by atoms with Crippen LogP contribution in [0.15, 0.2) is 53.4 Å². The fraction of sp³-hybridized carbons (Fsp3) is 0.346. The average Bonchev–Trinajstić information content (AvgIpc) is 3.13. The van der Waals surface area contributed by atoms with E-state index in [1.54, 1.807) is 6.08 Å². The SMILES string of the molecule is CCCCCCCNc1ccc(/C=C2\SC(=S)N(CCS(=O)(=O)NC(=O)c3ccc(F)cc3)C2=O)cc1. The van der Waals surface area contributed by atoms with Crippen LogP contribution in [0.4, 0.5) is 10.1 Å². The predicted molar refractivity (Wildman–Crippen MR) is 151 cm³/mol. The van der Waals surface area contributed by atoms with Crippen LogP contribution >= 0.6 is 24.0 Å². The molecule has 1 saturated heterocycles. The Labute approximate surface area is 226 Å². The highest BCUT2D eigenvalue weighted by molar-refractivity contribution is 8.26. The van der Waals surface area contributed by atoms with Crippen molar-refractivity contribution in [3.63, 3.8) is 0 Å². The van der Waals surface area contributed by atoms with E-state index < -0.39 is 27.5 Å². The molecule has 0 aliphatic carbocycles. The van der Waals surface area contributed by atoms with Crippen LogP contribution in [-0.2, 0) is 14.8 Å². The Balaban J connectivity index is 1.52. The summed E-state index contributed by atoms with van der Waals surface area (Å²) in [5.41, 5.74) is 1.84. The number of hydrogen-bond acceptors (Lipinski definition) is 7. The van der Waals surface area contributed by atoms with Gasteiger partial charge in [-0.25, -0.2) is 17.5 Å². The summed E-state index contributed by atoms with van der Waals surface area (Å²) in [6.45, 7) is 2.91. The maximum absolute atomic E-state index is 13.0. The van der Waals surface area contributed by atoms with Gasteiger partial charge in [-0.15, -0.1) is 0 Å². The summed E-state index contributed by atoms with van der Waals surface area (Å²) in [4.78, 5) is 26.6. The van der Waals surface area contributed by atoms with Gasteiger partial charge in [0.2, 0.25) is 10.0 Å². The fourth-order valence-electron chi connectivity index (χ4n) is 3.57. The van der Waals surface area contributed by atoms with E-state index in [-0.39, 0.29) is 22.3 Å². The third-order valence-corrected chi connectivity index (χ3v) is 8.22. The van der Waals surface area contributed by atoms with Gasteiger partial charge in [0.05, 0.1) is 10.7 Å². The van der Waals surface area contributed by atoms with Gasteiger partial charge in [0.15, 0.2) is 0 Å². The Bertz CT molecular complexity index is 1250. The number of carbonyl (C=O) groups excluding carboxylic acids is 2. The topological polar surface area (TPSA) is 95.6 Å². The molecule has 1 fully saturated rings. The number of hydrogen-bond donors (Lipinski definition) is 2. The number of rotatable bonds is 13. The van der Waals surface area contributed by atoms with Crippen LogP contribution in [0.5, 0.6) is 0 Å². The third kappa shape index (κ3) is 8.94. The second-order valence-corrected chi connectivity index (χ2v) is 12.1. The lowest BCUT2D eigenvalue weighted by Crippen LogP contribution is -2.39. The highest BCUT2D eigenvalue weighted by Gasteiger charge is 2.33. The minimum absolute atomic E-state index is 0.00622. The molecule has 0 bridgehead atoms. The van der Waals surface area contributed by atoms with Gasteiger partial charge in [-0.3, -0.25) is 14.5 Å². The largest absolute Gasteiger partial charge is 0.385 e. The molecule has 2 amide bonds. The molecule has 0 atom stereocenters. The number of sulfonamides is 1. The van der Waals surface area contributed by atoms with Crippen molar-refractivity contribution in [2.45, 2.75) is 39.0 Å². The summed E-state index contributed by atoms with van der Waals surface area (Å²) in [7, 11) is -4.05. The molecule has 7 nitrogen and oxygen atoms in total. The van der Waals surface area contributed by atoms with Crippen LogP contribution in [-0.4, -0.2) is 48.3 Å². The van der Waals surface area contributed by atoms with Crippen molar-refractivity contribution in [2.24, 2.45) is 0 Å². The number of halogens is 1. The van der Waals surface area contributed by atoms with E-state index in [9.17, 15) is 22.4 Å². The highest BCUT2D eigenvalue weighted by Crippen LogP contribution is 2.32. The molecule has 11 heteroatoms. The monoisotopic (exact) mass is 563 g/mol. The van der Waals surface area contributed by atoms with E-state index >= 15 is 0 Å². The molecule has 0 unspecified atom stereocenters. The molecule has 1 aliphatic rings. The second-order valence-electron chi connectivity index (χ2n) is 8.55. The number of anilines is 1. The molecular weight excluding hydrogens is 534 g/mol. The molecule has 37 heavy (non-hydrogen) atoms. The van der Waals surface area contributed by atoms with E-state index in [1.807, 2.05) is 29.0 Å². The van der Waals surface area contributed by atoms with Gasteiger partial charge in [0, 0.05) is 24.3 Å². The first-order valence-electron chi connectivity index (χ1n) is 12.1. The molecule has 0 saturated carbocycles. The Hall–Kier alpha value is -2.76. The lowest BCUT2D eigenvalue weighted by molar-refractivity contribution is -0.121. The smallest absolute Gasteiger partial charge is 0.266 e. The predicted octanol–water partition coefficient (Wildman–Crippen LogP) is 5.17. The van der Waals surface area contributed by atoms with Gasteiger partial charge in [0.1, 0.15) is 10.1 Å². The normalized spacial score (nSPS) is 14.9. The Kier molecular flexibility index (Phi) is 10.7. The molecule has 198 valence electrons. The number of nitrogens with zero attached hydrogens (tertiary/aromatic N) is 1. The van der Waals surface area contributed by atoms with Crippen molar-refractivity contribution >= 4 is 61.9 Å². The molecule has 0 aromatic heterocycles. The van der Waals surface area contributed by atoms with Crippen LogP contribution in [0.25, 0.3) is 6.08 Å². The first-order valence-corrected chi connectivity index (χ1v) is 15.0. The van der Waals surface area contributed by atoms with Crippen LogP contribution in [0.2, 0.25) is 0 Å². The second kappa shape index (κ2) is 13.7. The first kappa shape index (κ1) is 28.8. The summed E-state index contributed by atoms with van der Waals surface area (Å²) in [6, 6.07) is 12.2. The van der Waals surface area contributed by atoms with Crippen molar-refractivity contribution < 1.29 is 22.4 Å². The van der Waals surface area contributed by atoms with E-state index in [2.05, 4.69) is 12.2 Å². The number of amides is 2. The summed E-state index contributed by atoms with van der Waals surface area (Å²) in [5.74, 6) is -2.31.